The van der Waals surface area contributed by atoms with E-state index >= 15 is 0 Å². The van der Waals surface area contributed by atoms with Gasteiger partial charge in [-0.1, -0.05) is 30.3 Å². The summed E-state index contributed by atoms with van der Waals surface area (Å²) in [7, 11) is 2.04. The highest BCUT2D eigenvalue weighted by Gasteiger charge is 2.18. The van der Waals surface area contributed by atoms with Gasteiger partial charge in [-0.3, -0.25) is 0 Å². The van der Waals surface area contributed by atoms with Gasteiger partial charge >= 0.3 is 0 Å². The number of benzene rings is 1. The van der Waals surface area contributed by atoms with E-state index < -0.39 is 0 Å². The first-order valence-electron chi connectivity index (χ1n) is 9.31. The zero-order valence-electron chi connectivity index (χ0n) is 15.0. The Morgan fingerprint density at radius 3 is 2.84 bits per heavy atom. The smallest absolute Gasteiger partial charge is 0.228 e. The molecule has 0 aliphatic heterocycles. The van der Waals surface area contributed by atoms with Crippen molar-refractivity contribution in [1.29, 1.82) is 0 Å². The Labute approximate surface area is 148 Å². The van der Waals surface area contributed by atoms with E-state index in [4.69, 9.17) is 4.52 Å². The second kappa shape index (κ2) is 7.00. The summed E-state index contributed by atoms with van der Waals surface area (Å²) in [6, 6.07) is 8.95. The fourth-order valence-electron chi connectivity index (χ4n) is 3.83. The first-order valence-corrected chi connectivity index (χ1v) is 9.31. The number of aromatic nitrogens is 3. The maximum Gasteiger partial charge on any atom is 0.228 e. The van der Waals surface area contributed by atoms with Gasteiger partial charge in [-0.15, -0.1) is 0 Å². The lowest BCUT2D eigenvalue weighted by Crippen LogP contribution is -2.34. The molecule has 1 aromatic carbocycles. The van der Waals surface area contributed by atoms with Gasteiger partial charge in [0.15, 0.2) is 0 Å². The normalized spacial score (nSPS) is 21.0. The topological polar surface area (TPSA) is 55.9 Å². The van der Waals surface area contributed by atoms with E-state index in [1.807, 2.05) is 19.2 Å². The lowest BCUT2D eigenvalue weighted by Gasteiger charge is -2.26. The summed E-state index contributed by atoms with van der Waals surface area (Å²) < 4.78 is 7.58. The summed E-state index contributed by atoms with van der Waals surface area (Å²) in [6.45, 7) is 3.25. The molecule has 0 unspecified atom stereocenters. The molecule has 132 valence electrons. The summed E-state index contributed by atoms with van der Waals surface area (Å²) in [5.41, 5.74) is 2.21. The number of para-hydroxylation sites is 1. The molecule has 2 aromatic heterocycles. The molecule has 5 nitrogen and oxygen atoms in total. The van der Waals surface area contributed by atoms with Crippen molar-refractivity contribution in [3.63, 3.8) is 0 Å². The van der Waals surface area contributed by atoms with Gasteiger partial charge in [-0.05, 0) is 37.7 Å². The fourth-order valence-corrected chi connectivity index (χ4v) is 3.83. The van der Waals surface area contributed by atoms with Gasteiger partial charge in [0.05, 0.1) is 0 Å². The van der Waals surface area contributed by atoms with Crippen LogP contribution in [0.3, 0.4) is 0 Å². The molecule has 25 heavy (non-hydrogen) atoms. The number of nitrogens with one attached hydrogen (secondary N) is 1. The highest BCUT2D eigenvalue weighted by Crippen LogP contribution is 2.28. The molecule has 1 aliphatic rings. The number of nitrogens with zero attached hydrogens (tertiary/aromatic N) is 3. The zero-order chi connectivity index (χ0) is 17.2. The van der Waals surface area contributed by atoms with Crippen LogP contribution < -0.4 is 5.32 Å². The van der Waals surface area contributed by atoms with Crippen LogP contribution in [0.1, 0.15) is 38.5 Å². The van der Waals surface area contributed by atoms with E-state index in [0.717, 1.165) is 29.8 Å². The lowest BCUT2D eigenvalue weighted by molar-refractivity contribution is 0.303. The van der Waals surface area contributed by atoms with Crippen LogP contribution in [0.5, 0.6) is 0 Å². The molecule has 0 bridgehead atoms. The average molecular weight is 338 g/mol. The standard InChI is InChI=1S/C20H26N4O/c1-14-7-9-15(10-8-14)21-12-11-19-22-20(23-25-19)17-13-24(2)18-6-4-3-5-16(17)18/h3-6,13-15,21H,7-12H2,1-2H3/t14-,15-. The second-order valence-electron chi connectivity index (χ2n) is 7.34. The van der Waals surface area contributed by atoms with Gasteiger partial charge in [0.25, 0.3) is 0 Å². The van der Waals surface area contributed by atoms with Crippen LogP contribution in [0.4, 0.5) is 0 Å². The van der Waals surface area contributed by atoms with E-state index in [-0.39, 0.29) is 0 Å². The van der Waals surface area contributed by atoms with E-state index in [2.05, 4.69) is 45.3 Å². The number of fused-ring (bicyclic) bond motifs is 1. The molecule has 0 amide bonds. The van der Waals surface area contributed by atoms with Crippen LogP contribution in [0.25, 0.3) is 22.3 Å². The van der Waals surface area contributed by atoms with Crippen molar-refractivity contribution in [2.24, 2.45) is 13.0 Å². The first-order chi connectivity index (χ1) is 12.2. The monoisotopic (exact) mass is 338 g/mol. The summed E-state index contributed by atoms with van der Waals surface area (Å²) in [6.07, 6.45) is 8.09. The number of hydrogen-bond acceptors (Lipinski definition) is 4. The SMILES string of the molecule is Cn1cc(-c2noc(CCN[C@H]3CC[C@H](C)CC3)n2)c2ccccc21. The molecule has 2 heterocycles. The second-order valence-corrected chi connectivity index (χ2v) is 7.34. The highest BCUT2D eigenvalue weighted by atomic mass is 16.5. The molecule has 1 saturated carbocycles. The molecule has 1 N–H and O–H groups in total. The predicted molar refractivity (Wildman–Crippen MR) is 99.3 cm³/mol. The zero-order valence-corrected chi connectivity index (χ0v) is 15.0. The minimum atomic E-state index is 0.650. The molecule has 0 saturated heterocycles. The van der Waals surface area contributed by atoms with E-state index in [9.17, 15) is 0 Å². The molecule has 0 spiro atoms. The molecular formula is C20H26N4O. The van der Waals surface area contributed by atoms with Crippen LogP contribution in [0.2, 0.25) is 0 Å². The van der Waals surface area contributed by atoms with Crippen molar-refractivity contribution in [2.75, 3.05) is 6.54 Å². The Balaban J connectivity index is 1.40. The Morgan fingerprint density at radius 1 is 1.20 bits per heavy atom. The van der Waals surface area contributed by atoms with Crippen LogP contribution in [0.15, 0.2) is 35.0 Å². The number of hydrogen-bond donors (Lipinski definition) is 1. The minimum absolute atomic E-state index is 0.650. The Morgan fingerprint density at radius 2 is 2.00 bits per heavy atom. The number of rotatable bonds is 5. The molecule has 3 aromatic rings. The lowest BCUT2D eigenvalue weighted by atomic mass is 9.87. The average Bonchev–Trinajstić information content (AvgIpc) is 3.22. The summed E-state index contributed by atoms with van der Waals surface area (Å²) in [5, 5.41) is 9.00. The van der Waals surface area contributed by atoms with Crippen molar-refractivity contribution in [2.45, 2.75) is 45.1 Å². The predicted octanol–water partition coefficient (Wildman–Crippen LogP) is 3.94. The van der Waals surface area contributed by atoms with Crippen LogP contribution in [0, 0.1) is 5.92 Å². The maximum atomic E-state index is 5.47. The molecule has 1 fully saturated rings. The maximum absolute atomic E-state index is 5.47. The van der Waals surface area contributed by atoms with Gasteiger partial charge in [0.2, 0.25) is 11.7 Å². The molecule has 1 aliphatic carbocycles. The quantitative estimate of drug-likeness (QED) is 0.765. The van der Waals surface area contributed by atoms with Crippen LogP contribution in [-0.2, 0) is 13.5 Å². The molecule has 5 heteroatoms. The third-order valence-corrected chi connectivity index (χ3v) is 5.39. The number of aryl methyl sites for hydroxylation is 1. The Hall–Kier alpha value is -2.14. The van der Waals surface area contributed by atoms with Gasteiger partial charge in [-0.25, -0.2) is 0 Å². The van der Waals surface area contributed by atoms with E-state index in [0.29, 0.717) is 17.8 Å². The van der Waals surface area contributed by atoms with Crippen LogP contribution in [-0.4, -0.2) is 27.3 Å². The third kappa shape index (κ3) is 3.47. The van der Waals surface area contributed by atoms with E-state index in [1.165, 1.54) is 31.2 Å². The van der Waals surface area contributed by atoms with Crippen molar-refractivity contribution >= 4 is 10.9 Å². The molecular weight excluding hydrogens is 312 g/mol. The van der Waals surface area contributed by atoms with Gasteiger partial charge in [-0.2, -0.15) is 4.98 Å². The largest absolute Gasteiger partial charge is 0.350 e. The molecule has 4 rings (SSSR count). The summed E-state index contributed by atoms with van der Waals surface area (Å²) in [5.74, 6) is 2.27. The van der Waals surface area contributed by atoms with Crippen molar-refractivity contribution in [1.82, 2.24) is 20.0 Å². The third-order valence-electron chi connectivity index (χ3n) is 5.39. The van der Waals surface area contributed by atoms with Gasteiger partial charge in [0, 0.05) is 48.7 Å². The van der Waals surface area contributed by atoms with Crippen molar-refractivity contribution in [3.8, 4) is 11.4 Å². The van der Waals surface area contributed by atoms with Crippen molar-refractivity contribution < 1.29 is 4.52 Å². The minimum Gasteiger partial charge on any atom is -0.350 e. The summed E-state index contributed by atoms with van der Waals surface area (Å²) in [4.78, 5) is 4.61. The van der Waals surface area contributed by atoms with Gasteiger partial charge < -0.3 is 14.4 Å². The fraction of sp³-hybridized carbons (Fsp3) is 0.500. The summed E-state index contributed by atoms with van der Waals surface area (Å²) >= 11 is 0. The van der Waals surface area contributed by atoms with Crippen molar-refractivity contribution in [3.05, 3.63) is 36.4 Å². The Bertz CT molecular complexity index is 842. The van der Waals surface area contributed by atoms with Crippen LogP contribution >= 0.6 is 0 Å². The van der Waals surface area contributed by atoms with E-state index in [1.54, 1.807) is 0 Å². The molecule has 0 atom stereocenters. The van der Waals surface area contributed by atoms with Gasteiger partial charge in [0.1, 0.15) is 0 Å². The molecule has 0 radical (unpaired) electrons. The Kier molecular flexibility index (Phi) is 4.57. The highest BCUT2D eigenvalue weighted by molar-refractivity contribution is 5.94. The first kappa shape index (κ1) is 16.3.